The summed E-state index contributed by atoms with van der Waals surface area (Å²) >= 11 is 1.45. The van der Waals surface area contributed by atoms with Crippen LogP contribution in [-0.4, -0.2) is 28.1 Å². The molecule has 108 valence electrons. The predicted octanol–water partition coefficient (Wildman–Crippen LogP) is 3.26. The number of aryl methyl sites for hydroxylation is 1. The predicted molar refractivity (Wildman–Crippen MR) is 81.3 cm³/mol. The average molecular weight is 302 g/mol. The lowest BCUT2D eigenvalue weighted by molar-refractivity contribution is 0.219. The fraction of sp³-hybridized carbons (Fsp3) is 0.214. The molecule has 0 aliphatic heterocycles. The van der Waals surface area contributed by atoms with E-state index in [1.807, 2.05) is 37.3 Å². The largest absolute Gasteiger partial charge is 0.361 e. The minimum absolute atomic E-state index is 0.227. The fourth-order valence-electron chi connectivity index (χ4n) is 1.92. The summed E-state index contributed by atoms with van der Waals surface area (Å²) in [5.74, 6) is 0.727. The molecule has 0 bridgehead atoms. The number of nitrogens with zero attached hydrogens (tertiary/aromatic N) is 3. The van der Waals surface area contributed by atoms with Crippen molar-refractivity contribution in [3.05, 3.63) is 41.8 Å². The van der Waals surface area contributed by atoms with E-state index >= 15 is 0 Å². The van der Waals surface area contributed by atoms with Crippen LogP contribution >= 0.6 is 11.3 Å². The Labute approximate surface area is 125 Å². The van der Waals surface area contributed by atoms with Crippen LogP contribution in [0.2, 0.25) is 0 Å². The third-order valence-corrected chi connectivity index (χ3v) is 3.88. The molecular weight excluding hydrogens is 288 g/mol. The number of carbonyl (C=O) groups is 1. The molecule has 0 saturated heterocycles. The maximum absolute atomic E-state index is 12.1. The van der Waals surface area contributed by atoms with Gasteiger partial charge in [-0.2, -0.15) is 0 Å². The summed E-state index contributed by atoms with van der Waals surface area (Å²) in [5, 5.41) is 7.25. The second-order valence-corrected chi connectivity index (χ2v) is 5.73. The smallest absolute Gasteiger partial charge is 0.323 e. The Morgan fingerprint density at radius 1 is 1.43 bits per heavy atom. The molecule has 0 unspecified atom stereocenters. The normalized spacial score (nSPS) is 10.8. The molecule has 0 radical (unpaired) electrons. The van der Waals surface area contributed by atoms with Crippen LogP contribution in [0.3, 0.4) is 0 Å². The second kappa shape index (κ2) is 5.53. The van der Waals surface area contributed by atoms with Gasteiger partial charge in [-0.25, -0.2) is 9.78 Å². The first-order valence-corrected chi connectivity index (χ1v) is 7.23. The Morgan fingerprint density at radius 3 is 2.95 bits per heavy atom. The van der Waals surface area contributed by atoms with Gasteiger partial charge in [-0.3, -0.25) is 5.32 Å². The van der Waals surface area contributed by atoms with E-state index in [1.54, 1.807) is 7.05 Å². The average Bonchev–Trinajstić information content (AvgIpc) is 3.04. The molecule has 0 fully saturated rings. The van der Waals surface area contributed by atoms with Crippen LogP contribution in [0.1, 0.15) is 11.5 Å². The number of hydrogen-bond donors (Lipinski definition) is 1. The number of aromatic nitrogens is 2. The molecule has 0 spiro atoms. The molecule has 1 N–H and O–H groups in total. The number of hydrogen-bond acceptors (Lipinski definition) is 5. The van der Waals surface area contributed by atoms with Gasteiger partial charge >= 0.3 is 6.03 Å². The van der Waals surface area contributed by atoms with Crippen molar-refractivity contribution < 1.29 is 9.32 Å². The van der Waals surface area contributed by atoms with Gasteiger partial charge in [-0.1, -0.05) is 28.6 Å². The fourth-order valence-corrected chi connectivity index (χ4v) is 2.78. The molecule has 3 rings (SSSR count). The zero-order chi connectivity index (χ0) is 14.8. The number of carbonyl (C=O) groups excluding carboxylic acids is 1. The van der Waals surface area contributed by atoms with Crippen LogP contribution in [0.5, 0.6) is 0 Å². The van der Waals surface area contributed by atoms with E-state index < -0.39 is 0 Å². The van der Waals surface area contributed by atoms with Crippen molar-refractivity contribution in [3.63, 3.8) is 0 Å². The number of para-hydroxylation sites is 1. The Kier molecular flexibility index (Phi) is 3.57. The summed E-state index contributed by atoms with van der Waals surface area (Å²) in [6.45, 7) is 2.20. The van der Waals surface area contributed by atoms with Gasteiger partial charge in [0.05, 0.1) is 16.8 Å². The number of urea groups is 1. The van der Waals surface area contributed by atoms with Gasteiger partial charge < -0.3 is 9.42 Å². The van der Waals surface area contributed by atoms with Crippen LogP contribution in [0, 0.1) is 6.92 Å². The summed E-state index contributed by atoms with van der Waals surface area (Å²) in [6.07, 6.45) is 0. The van der Waals surface area contributed by atoms with Crippen LogP contribution in [-0.2, 0) is 6.54 Å². The molecule has 2 amide bonds. The van der Waals surface area contributed by atoms with Gasteiger partial charge in [-0.05, 0) is 19.1 Å². The van der Waals surface area contributed by atoms with Crippen molar-refractivity contribution in [2.75, 3.05) is 12.4 Å². The molecule has 0 aliphatic carbocycles. The topological polar surface area (TPSA) is 71.3 Å². The molecule has 3 aromatic rings. The summed E-state index contributed by atoms with van der Waals surface area (Å²) in [5.41, 5.74) is 1.60. The standard InChI is InChI=1S/C14H14N4O2S/c1-9-7-10(17-20-9)8-18(2)14(19)16-13-15-11-5-3-4-6-12(11)21-13/h3-7H,8H2,1-2H3,(H,15,16,19). The lowest BCUT2D eigenvalue weighted by atomic mass is 10.3. The molecule has 2 heterocycles. The molecule has 1 aromatic carbocycles. The molecule has 21 heavy (non-hydrogen) atoms. The van der Waals surface area contributed by atoms with Gasteiger partial charge in [0.15, 0.2) is 5.13 Å². The van der Waals surface area contributed by atoms with Gasteiger partial charge in [0.1, 0.15) is 11.5 Å². The van der Waals surface area contributed by atoms with Gasteiger partial charge in [0.25, 0.3) is 0 Å². The van der Waals surface area contributed by atoms with Gasteiger partial charge in [0.2, 0.25) is 0 Å². The van der Waals surface area contributed by atoms with E-state index in [0.717, 1.165) is 21.7 Å². The first-order chi connectivity index (χ1) is 10.1. The highest BCUT2D eigenvalue weighted by atomic mass is 32.1. The third-order valence-electron chi connectivity index (χ3n) is 2.93. The second-order valence-electron chi connectivity index (χ2n) is 4.70. The lowest BCUT2D eigenvalue weighted by Crippen LogP contribution is -2.30. The van der Waals surface area contributed by atoms with E-state index in [9.17, 15) is 4.79 Å². The maximum Gasteiger partial charge on any atom is 0.323 e. The molecule has 7 heteroatoms. The number of rotatable bonds is 3. The van der Waals surface area contributed by atoms with Crippen LogP contribution in [0.15, 0.2) is 34.9 Å². The molecular formula is C14H14N4O2S. The summed E-state index contributed by atoms with van der Waals surface area (Å²) in [7, 11) is 1.70. The van der Waals surface area contributed by atoms with Gasteiger partial charge in [-0.15, -0.1) is 0 Å². The highest BCUT2D eigenvalue weighted by Gasteiger charge is 2.13. The van der Waals surface area contributed by atoms with E-state index in [1.165, 1.54) is 16.2 Å². The van der Waals surface area contributed by atoms with Crippen molar-refractivity contribution in [3.8, 4) is 0 Å². The van der Waals surface area contributed by atoms with Crippen LogP contribution in [0.25, 0.3) is 10.2 Å². The Bertz CT molecular complexity index is 747. The third kappa shape index (κ3) is 3.03. The monoisotopic (exact) mass is 302 g/mol. The minimum atomic E-state index is -0.227. The Morgan fingerprint density at radius 2 is 2.24 bits per heavy atom. The molecule has 0 aliphatic rings. The van der Waals surface area contributed by atoms with E-state index in [4.69, 9.17) is 4.52 Å². The number of fused-ring (bicyclic) bond motifs is 1. The van der Waals surface area contributed by atoms with Crippen LogP contribution in [0.4, 0.5) is 9.93 Å². The minimum Gasteiger partial charge on any atom is -0.361 e. The molecule has 0 saturated carbocycles. The number of thiazole rings is 1. The van der Waals surface area contributed by atoms with Crippen molar-refractivity contribution in [1.29, 1.82) is 0 Å². The highest BCUT2D eigenvalue weighted by Crippen LogP contribution is 2.25. The number of benzene rings is 1. The van der Waals surface area contributed by atoms with Crippen LogP contribution < -0.4 is 5.32 Å². The summed E-state index contributed by atoms with van der Waals surface area (Å²) in [6, 6.07) is 9.35. The van der Waals surface area contributed by atoms with E-state index in [2.05, 4.69) is 15.5 Å². The van der Waals surface area contributed by atoms with E-state index in [0.29, 0.717) is 11.7 Å². The lowest BCUT2D eigenvalue weighted by Gasteiger charge is -2.14. The molecule has 6 nitrogen and oxygen atoms in total. The number of amides is 2. The molecule has 0 atom stereocenters. The first kappa shape index (κ1) is 13.6. The van der Waals surface area contributed by atoms with Crippen molar-refractivity contribution >= 4 is 32.7 Å². The van der Waals surface area contributed by atoms with Crippen molar-refractivity contribution in [2.45, 2.75) is 13.5 Å². The Hall–Kier alpha value is -2.41. The quantitative estimate of drug-likeness (QED) is 0.806. The first-order valence-electron chi connectivity index (χ1n) is 6.42. The van der Waals surface area contributed by atoms with Crippen molar-refractivity contribution in [1.82, 2.24) is 15.0 Å². The number of nitrogens with one attached hydrogen (secondary N) is 1. The summed E-state index contributed by atoms with van der Waals surface area (Å²) < 4.78 is 6.03. The van der Waals surface area contributed by atoms with Gasteiger partial charge in [0, 0.05) is 13.1 Å². The zero-order valence-electron chi connectivity index (χ0n) is 11.7. The SMILES string of the molecule is Cc1cc(CN(C)C(=O)Nc2nc3ccccc3s2)no1. The zero-order valence-corrected chi connectivity index (χ0v) is 12.5. The Balaban J connectivity index is 1.67. The number of anilines is 1. The molecule has 2 aromatic heterocycles. The van der Waals surface area contributed by atoms with E-state index in [-0.39, 0.29) is 6.03 Å². The van der Waals surface area contributed by atoms with Crippen molar-refractivity contribution in [2.24, 2.45) is 0 Å². The highest BCUT2D eigenvalue weighted by molar-refractivity contribution is 7.22. The summed E-state index contributed by atoms with van der Waals surface area (Å²) in [4.78, 5) is 18.0. The maximum atomic E-state index is 12.1.